The molecule has 0 radical (unpaired) electrons. The predicted octanol–water partition coefficient (Wildman–Crippen LogP) is 3.06. The summed E-state index contributed by atoms with van der Waals surface area (Å²) in [5.74, 6) is 0.431. The van der Waals surface area contributed by atoms with Crippen molar-refractivity contribution < 1.29 is 13.9 Å². The Balaban J connectivity index is 1.80. The summed E-state index contributed by atoms with van der Waals surface area (Å²) < 4.78 is 24.2. The van der Waals surface area contributed by atoms with Gasteiger partial charge in [-0.3, -0.25) is 0 Å². The van der Waals surface area contributed by atoms with Crippen LogP contribution in [0.25, 0.3) is 0 Å². The Morgan fingerprint density at radius 3 is 2.57 bits per heavy atom. The minimum absolute atomic E-state index is 0.161. The molecule has 0 aliphatic rings. The van der Waals surface area contributed by atoms with Crippen molar-refractivity contribution in [2.75, 3.05) is 13.2 Å². The van der Waals surface area contributed by atoms with Crippen LogP contribution in [-0.4, -0.2) is 18.2 Å². The molecule has 0 atom stereocenters. The van der Waals surface area contributed by atoms with Crippen molar-refractivity contribution in [1.29, 1.82) is 0 Å². The summed E-state index contributed by atoms with van der Waals surface area (Å²) in [4.78, 5) is 0.161. The van der Waals surface area contributed by atoms with E-state index in [0.717, 1.165) is 11.3 Å². The second-order valence-electron chi connectivity index (χ2n) is 4.38. The molecule has 21 heavy (non-hydrogen) atoms. The van der Waals surface area contributed by atoms with Crippen molar-refractivity contribution in [1.82, 2.24) is 0 Å². The minimum Gasteiger partial charge on any atom is -0.491 e. The van der Waals surface area contributed by atoms with Crippen LogP contribution in [0.3, 0.4) is 0 Å². The number of thiocarbonyl (C=S) groups is 1. The molecule has 0 unspecified atom stereocenters. The first kappa shape index (κ1) is 15.4. The number of ether oxygens (including phenoxy) is 2. The number of para-hydroxylation sites is 1. The summed E-state index contributed by atoms with van der Waals surface area (Å²) >= 11 is 4.91. The maximum atomic E-state index is 13.2. The number of hydrogen-bond donors (Lipinski definition) is 1. The fourth-order valence-electron chi connectivity index (χ4n) is 1.82. The van der Waals surface area contributed by atoms with Crippen LogP contribution in [0.15, 0.2) is 48.5 Å². The van der Waals surface area contributed by atoms with Crippen LogP contribution in [0.2, 0.25) is 0 Å². The minimum atomic E-state index is -0.367. The first-order valence-corrected chi connectivity index (χ1v) is 6.91. The molecule has 0 heterocycles. The molecule has 110 valence electrons. The maximum absolute atomic E-state index is 13.2. The molecule has 5 heteroatoms. The zero-order valence-corrected chi connectivity index (χ0v) is 12.2. The molecular formula is C16H16FNO2S. The number of halogens is 1. The third-order valence-corrected chi connectivity index (χ3v) is 3.05. The van der Waals surface area contributed by atoms with Gasteiger partial charge in [0.1, 0.15) is 23.2 Å². The average Bonchev–Trinajstić information content (AvgIpc) is 2.49. The fourth-order valence-corrected chi connectivity index (χ4v) is 2.01. The van der Waals surface area contributed by atoms with Crippen molar-refractivity contribution >= 4 is 17.2 Å². The van der Waals surface area contributed by atoms with E-state index < -0.39 is 0 Å². The molecule has 0 amide bonds. The zero-order chi connectivity index (χ0) is 15.1. The third-order valence-electron chi connectivity index (χ3n) is 2.83. The molecule has 2 aromatic carbocycles. The Kier molecular flexibility index (Phi) is 5.66. The lowest BCUT2D eigenvalue weighted by atomic mass is 10.1. The molecule has 0 spiro atoms. The molecule has 2 N–H and O–H groups in total. The summed E-state index contributed by atoms with van der Waals surface area (Å²) in [7, 11) is 0. The van der Waals surface area contributed by atoms with Crippen molar-refractivity contribution in [3.8, 4) is 5.75 Å². The van der Waals surface area contributed by atoms with E-state index in [9.17, 15) is 4.39 Å². The lowest BCUT2D eigenvalue weighted by Crippen LogP contribution is -2.14. The van der Waals surface area contributed by atoms with Gasteiger partial charge in [-0.15, -0.1) is 0 Å². The van der Waals surface area contributed by atoms with Crippen LogP contribution >= 0.6 is 12.2 Å². The molecule has 3 nitrogen and oxygen atoms in total. The van der Waals surface area contributed by atoms with E-state index in [4.69, 9.17) is 27.4 Å². The van der Waals surface area contributed by atoms with Crippen LogP contribution in [-0.2, 0) is 11.3 Å². The summed E-state index contributed by atoms with van der Waals surface area (Å²) in [6.07, 6.45) is 0. The van der Waals surface area contributed by atoms with Gasteiger partial charge in [0.05, 0.1) is 13.2 Å². The van der Waals surface area contributed by atoms with Crippen molar-refractivity contribution in [2.45, 2.75) is 6.61 Å². The van der Waals surface area contributed by atoms with Crippen LogP contribution in [0, 0.1) is 5.82 Å². The Labute approximate surface area is 128 Å². The lowest BCUT2D eigenvalue weighted by molar-refractivity contribution is 0.0888. The highest BCUT2D eigenvalue weighted by Gasteiger charge is 2.07. The standard InChI is InChI=1S/C16H16FNO2S/c17-13-7-6-12(15(10-13)16(18)21)11-19-8-9-20-14-4-2-1-3-5-14/h1-7,10H,8-9,11H2,(H2,18,21). The molecule has 0 aliphatic heterocycles. The average molecular weight is 305 g/mol. The van der Waals surface area contributed by atoms with Gasteiger partial charge < -0.3 is 15.2 Å². The smallest absolute Gasteiger partial charge is 0.123 e. The van der Waals surface area contributed by atoms with Crippen molar-refractivity contribution in [3.63, 3.8) is 0 Å². The van der Waals surface area contributed by atoms with Gasteiger partial charge in [0.2, 0.25) is 0 Å². The molecule has 0 aromatic heterocycles. The van der Waals surface area contributed by atoms with E-state index in [0.29, 0.717) is 25.4 Å². The second kappa shape index (κ2) is 7.71. The van der Waals surface area contributed by atoms with Gasteiger partial charge in [0.25, 0.3) is 0 Å². The van der Waals surface area contributed by atoms with E-state index in [2.05, 4.69) is 0 Å². The fraction of sp³-hybridized carbons (Fsp3) is 0.188. The number of hydrogen-bond acceptors (Lipinski definition) is 3. The van der Waals surface area contributed by atoms with Crippen LogP contribution in [0.1, 0.15) is 11.1 Å². The van der Waals surface area contributed by atoms with Gasteiger partial charge in [-0.1, -0.05) is 36.5 Å². The van der Waals surface area contributed by atoms with E-state index >= 15 is 0 Å². The van der Waals surface area contributed by atoms with Crippen molar-refractivity contribution in [2.24, 2.45) is 5.73 Å². The quantitative estimate of drug-likeness (QED) is 0.631. The first-order chi connectivity index (χ1) is 10.2. The number of rotatable bonds is 7. The van der Waals surface area contributed by atoms with Crippen molar-refractivity contribution in [3.05, 3.63) is 65.5 Å². The molecule has 0 bridgehead atoms. The maximum Gasteiger partial charge on any atom is 0.123 e. The molecule has 2 aromatic rings. The summed E-state index contributed by atoms with van der Waals surface area (Å²) in [5, 5.41) is 0. The van der Waals surface area contributed by atoms with Crippen LogP contribution in [0.5, 0.6) is 5.75 Å². The molecule has 0 fully saturated rings. The summed E-state index contributed by atoms with van der Waals surface area (Å²) in [6, 6.07) is 13.8. The number of nitrogens with two attached hydrogens (primary N) is 1. The lowest BCUT2D eigenvalue weighted by Gasteiger charge is -2.10. The second-order valence-corrected chi connectivity index (χ2v) is 4.82. The van der Waals surface area contributed by atoms with Gasteiger partial charge in [-0.2, -0.15) is 0 Å². The van der Waals surface area contributed by atoms with E-state index in [-0.39, 0.29) is 10.8 Å². The third kappa shape index (κ3) is 4.81. The summed E-state index contributed by atoms with van der Waals surface area (Å²) in [6.45, 7) is 1.17. The van der Waals surface area contributed by atoms with Crippen LogP contribution in [0.4, 0.5) is 4.39 Å². The highest BCUT2D eigenvalue weighted by Crippen LogP contribution is 2.13. The highest BCUT2D eigenvalue weighted by atomic mass is 32.1. The summed E-state index contributed by atoms with van der Waals surface area (Å²) in [5.41, 5.74) is 6.85. The molecule has 0 saturated carbocycles. The SMILES string of the molecule is NC(=S)c1cc(F)ccc1COCCOc1ccccc1. The van der Waals surface area contributed by atoms with Gasteiger partial charge in [0, 0.05) is 5.56 Å². The van der Waals surface area contributed by atoms with Gasteiger partial charge in [-0.25, -0.2) is 4.39 Å². The Hall–Kier alpha value is -1.98. The molecule has 0 saturated heterocycles. The van der Waals surface area contributed by atoms with E-state index in [1.54, 1.807) is 6.07 Å². The molecule has 0 aliphatic carbocycles. The van der Waals surface area contributed by atoms with E-state index in [1.807, 2.05) is 30.3 Å². The Bertz CT molecular complexity index is 604. The highest BCUT2D eigenvalue weighted by molar-refractivity contribution is 7.80. The predicted molar refractivity (Wildman–Crippen MR) is 83.9 cm³/mol. The first-order valence-electron chi connectivity index (χ1n) is 6.50. The molecule has 2 rings (SSSR count). The number of benzene rings is 2. The van der Waals surface area contributed by atoms with Crippen LogP contribution < -0.4 is 10.5 Å². The normalized spacial score (nSPS) is 10.3. The largest absolute Gasteiger partial charge is 0.491 e. The van der Waals surface area contributed by atoms with Gasteiger partial charge >= 0.3 is 0 Å². The van der Waals surface area contributed by atoms with Gasteiger partial charge in [-0.05, 0) is 29.8 Å². The monoisotopic (exact) mass is 305 g/mol. The topological polar surface area (TPSA) is 44.5 Å². The molecular weight excluding hydrogens is 289 g/mol. The Morgan fingerprint density at radius 1 is 1.10 bits per heavy atom. The zero-order valence-electron chi connectivity index (χ0n) is 11.4. The van der Waals surface area contributed by atoms with E-state index in [1.165, 1.54) is 12.1 Å². The van der Waals surface area contributed by atoms with Gasteiger partial charge in [0.15, 0.2) is 0 Å². The Morgan fingerprint density at radius 2 is 1.86 bits per heavy atom.